The predicted octanol–water partition coefficient (Wildman–Crippen LogP) is 0.154. The van der Waals surface area contributed by atoms with Crippen LogP contribution in [0.2, 0.25) is 0 Å². The number of aliphatic hydroxyl groups is 1. The molecule has 2 rings (SSSR count). The van der Waals surface area contributed by atoms with Gasteiger partial charge in [-0.15, -0.1) is 0 Å². The zero-order valence-corrected chi connectivity index (χ0v) is 13.0. The van der Waals surface area contributed by atoms with E-state index in [0.717, 1.165) is 31.1 Å². The maximum Gasteiger partial charge on any atom is 0.265 e. The summed E-state index contributed by atoms with van der Waals surface area (Å²) in [6, 6.07) is 0.160. The topological polar surface area (TPSA) is 118 Å². The van der Waals surface area contributed by atoms with Crippen molar-refractivity contribution in [2.45, 2.75) is 38.3 Å². The Morgan fingerprint density at radius 3 is 3.05 bits per heavy atom. The highest BCUT2D eigenvalue weighted by Gasteiger charge is 2.24. The number of hydrogen-bond donors (Lipinski definition) is 4. The normalized spacial score (nSPS) is 19.8. The third kappa shape index (κ3) is 4.29. The van der Waals surface area contributed by atoms with Crippen molar-refractivity contribution in [2.24, 2.45) is 5.73 Å². The molecule has 1 aromatic heterocycles. The fourth-order valence-corrected chi connectivity index (χ4v) is 3.20. The van der Waals surface area contributed by atoms with E-state index in [2.05, 4.69) is 15.2 Å². The summed E-state index contributed by atoms with van der Waals surface area (Å²) in [6.07, 6.45) is 1.98. The van der Waals surface area contributed by atoms with Crippen LogP contribution in [0.4, 0.5) is 10.9 Å². The maximum atomic E-state index is 12.1. The first-order chi connectivity index (χ1) is 9.97. The van der Waals surface area contributed by atoms with Crippen LogP contribution in [-0.4, -0.2) is 47.8 Å². The SMILES string of the molecule is CC(O)CCCNC(=O)c1sc(N2CCC(N)C2)nc1N. The van der Waals surface area contributed by atoms with Gasteiger partial charge in [0.1, 0.15) is 10.7 Å². The summed E-state index contributed by atoms with van der Waals surface area (Å²) in [5.41, 5.74) is 11.7. The van der Waals surface area contributed by atoms with Crippen molar-refractivity contribution in [3.8, 4) is 0 Å². The third-order valence-corrected chi connectivity index (χ3v) is 4.56. The van der Waals surface area contributed by atoms with Gasteiger partial charge in [0, 0.05) is 25.7 Å². The minimum Gasteiger partial charge on any atom is -0.393 e. The minimum atomic E-state index is -0.346. The van der Waals surface area contributed by atoms with Crippen LogP contribution in [0.15, 0.2) is 0 Å². The zero-order chi connectivity index (χ0) is 15.4. The van der Waals surface area contributed by atoms with Crippen molar-refractivity contribution in [2.75, 3.05) is 30.3 Å². The van der Waals surface area contributed by atoms with E-state index in [-0.39, 0.29) is 23.9 Å². The second-order valence-electron chi connectivity index (χ2n) is 5.45. The number of aromatic nitrogens is 1. The predicted molar refractivity (Wildman–Crippen MR) is 84.6 cm³/mol. The van der Waals surface area contributed by atoms with Crippen LogP contribution in [0, 0.1) is 0 Å². The van der Waals surface area contributed by atoms with Gasteiger partial charge in [-0.2, -0.15) is 0 Å². The fourth-order valence-electron chi connectivity index (χ4n) is 2.26. The van der Waals surface area contributed by atoms with Crippen LogP contribution in [0.5, 0.6) is 0 Å². The van der Waals surface area contributed by atoms with E-state index in [1.54, 1.807) is 6.92 Å². The number of anilines is 2. The summed E-state index contributed by atoms with van der Waals surface area (Å²) >= 11 is 1.30. The smallest absolute Gasteiger partial charge is 0.265 e. The third-order valence-electron chi connectivity index (χ3n) is 3.43. The first-order valence-corrected chi connectivity index (χ1v) is 8.02. The molecule has 0 aliphatic carbocycles. The summed E-state index contributed by atoms with van der Waals surface area (Å²) in [5, 5.41) is 12.7. The number of nitrogens with one attached hydrogen (secondary N) is 1. The number of amides is 1. The van der Waals surface area contributed by atoms with E-state index < -0.39 is 0 Å². The van der Waals surface area contributed by atoms with Crippen molar-refractivity contribution < 1.29 is 9.90 Å². The molecule has 0 bridgehead atoms. The van der Waals surface area contributed by atoms with E-state index >= 15 is 0 Å². The Bertz CT molecular complexity index is 491. The zero-order valence-electron chi connectivity index (χ0n) is 12.2. The molecule has 2 unspecified atom stereocenters. The first kappa shape index (κ1) is 16.0. The van der Waals surface area contributed by atoms with Crippen molar-refractivity contribution in [3.05, 3.63) is 4.88 Å². The monoisotopic (exact) mass is 313 g/mol. The summed E-state index contributed by atoms with van der Waals surface area (Å²) in [6.45, 7) is 3.85. The van der Waals surface area contributed by atoms with Gasteiger partial charge >= 0.3 is 0 Å². The molecule has 118 valence electrons. The highest BCUT2D eigenvalue weighted by molar-refractivity contribution is 7.18. The Morgan fingerprint density at radius 1 is 1.67 bits per heavy atom. The second kappa shape index (κ2) is 7.06. The molecule has 2 heterocycles. The number of nitrogen functional groups attached to an aromatic ring is 1. The molecule has 1 amide bonds. The lowest BCUT2D eigenvalue weighted by Gasteiger charge is -2.12. The van der Waals surface area contributed by atoms with Crippen molar-refractivity contribution in [3.63, 3.8) is 0 Å². The standard InChI is InChI=1S/C13H23N5O2S/c1-8(19)3-2-5-16-12(20)10-11(15)17-13(21-10)18-6-4-9(14)7-18/h8-9,19H,2-7,14-15H2,1H3,(H,16,20). The van der Waals surface area contributed by atoms with Gasteiger partial charge in [0.05, 0.1) is 6.10 Å². The number of hydrogen-bond acceptors (Lipinski definition) is 7. The molecule has 6 N–H and O–H groups in total. The van der Waals surface area contributed by atoms with Gasteiger partial charge in [-0.05, 0) is 26.2 Å². The Kier molecular flexibility index (Phi) is 5.38. The van der Waals surface area contributed by atoms with Crippen molar-refractivity contribution in [1.82, 2.24) is 10.3 Å². The van der Waals surface area contributed by atoms with Gasteiger partial charge in [0.25, 0.3) is 5.91 Å². The van der Waals surface area contributed by atoms with Crippen LogP contribution in [0.1, 0.15) is 35.9 Å². The van der Waals surface area contributed by atoms with Gasteiger partial charge in [-0.25, -0.2) is 4.98 Å². The second-order valence-corrected chi connectivity index (χ2v) is 6.43. The fraction of sp³-hybridized carbons (Fsp3) is 0.692. The van der Waals surface area contributed by atoms with Gasteiger partial charge in [-0.3, -0.25) is 4.79 Å². The summed E-state index contributed by atoms with van der Waals surface area (Å²) in [7, 11) is 0. The van der Waals surface area contributed by atoms with Crippen molar-refractivity contribution >= 4 is 28.2 Å². The highest BCUT2D eigenvalue weighted by Crippen LogP contribution is 2.30. The van der Waals surface area contributed by atoms with Crippen LogP contribution in [-0.2, 0) is 0 Å². The molecule has 1 aromatic rings. The highest BCUT2D eigenvalue weighted by atomic mass is 32.1. The van der Waals surface area contributed by atoms with Crippen LogP contribution in [0.25, 0.3) is 0 Å². The van der Waals surface area contributed by atoms with Gasteiger partial charge in [0.2, 0.25) is 0 Å². The van der Waals surface area contributed by atoms with E-state index in [0.29, 0.717) is 17.8 Å². The van der Waals surface area contributed by atoms with E-state index in [1.807, 2.05) is 0 Å². The average molecular weight is 313 g/mol. The molecule has 1 saturated heterocycles. The van der Waals surface area contributed by atoms with Crippen LogP contribution >= 0.6 is 11.3 Å². The molecule has 1 fully saturated rings. The number of carbonyl (C=O) groups excluding carboxylic acids is 1. The summed E-state index contributed by atoms with van der Waals surface area (Å²) in [5.74, 6) is 0.0637. The summed E-state index contributed by atoms with van der Waals surface area (Å²) < 4.78 is 0. The number of thiazole rings is 1. The molecule has 0 saturated carbocycles. The largest absolute Gasteiger partial charge is 0.393 e. The first-order valence-electron chi connectivity index (χ1n) is 7.20. The van der Waals surface area contributed by atoms with Gasteiger partial charge in [-0.1, -0.05) is 11.3 Å². The molecule has 2 atom stereocenters. The van der Waals surface area contributed by atoms with E-state index in [4.69, 9.17) is 16.6 Å². The summed E-state index contributed by atoms with van der Waals surface area (Å²) in [4.78, 5) is 18.9. The lowest BCUT2D eigenvalue weighted by atomic mass is 10.2. The molecular formula is C13H23N5O2S. The Balaban J connectivity index is 1.90. The van der Waals surface area contributed by atoms with Crippen molar-refractivity contribution in [1.29, 1.82) is 0 Å². The minimum absolute atomic E-state index is 0.160. The molecule has 1 aliphatic heterocycles. The number of aliphatic hydroxyl groups excluding tert-OH is 1. The molecular weight excluding hydrogens is 290 g/mol. The lowest BCUT2D eigenvalue weighted by molar-refractivity contribution is 0.0954. The van der Waals surface area contributed by atoms with Crippen LogP contribution < -0.4 is 21.7 Å². The Labute approximate surface area is 128 Å². The van der Waals surface area contributed by atoms with Gasteiger partial charge < -0.3 is 26.8 Å². The quantitative estimate of drug-likeness (QED) is 0.556. The molecule has 7 nitrogen and oxygen atoms in total. The van der Waals surface area contributed by atoms with Gasteiger partial charge in [0.15, 0.2) is 5.13 Å². The number of nitrogens with zero attached hydrogens (tertiary/aromatic N) is 2. The maximum absolute atomic E-state index is 12.1. The Morgan fingerprint density at radius 2 is 2.43 bits per heavy atom. The molecule has 8 heteroatoms. The van der Waals surface area contributed by atoms with E-state index in [1.165, 1.54) is 11.3 Å². The molecule has 1 aliphatic rings. The molecule has 0 spiro atoms. The molecule has 21 heavy (non-hydrogen) atoms. The average Bonchev–Trinajstić information content (AvgIpc) is 3.00. The number of nitrogens with two attached hydrogens (primary N) is 2. The van der Waals surface area contributed by atoms with E-state index in [9.17, 15) is 4.79 Å². The molecule has 0 aromatic carbocycles. The van der Waals surface area contributed by atoms with Crippen LogP contribution in [0.3, 0.4) is 0 Å². The number of carbonyl (C=O) groups is 1. The lowest BCUT2D eigenvalue weighted by Crippen LogP contribution is -2.26. The number of rotatable bonds is 6. The Hall–Kier alpha value is -1.38. The molecule has 0 radical (unpaired) electrons.